The Morgan fingerprint density at radius 1 is 1.09 bits per heavy atom. The quantitative estimate of drug-likeness (QED) is 0.384. The first kappa shape index (κ1) is 31.9. The molecule has 0 aliphatic rings. The maximum atomic E-state index is 12.7. The molecule has 3 N–H and O–H groups in total. The van der Waals surface area contributed by atoms with E-state index in [0.29, 0.717) is 35.2 Å². The highest BCUT2D eigenvalue weighted by molar-refractivity contribution is 7.82. The third kappa shape index (κ3) is 10.0. The van der Waals surface area contributed by atoms with E-state index in [4.69, 9.17) is 27.6 Å². The van der Waals surface area contributed by atoms with E-state index < -0.39 is 17.0 Å². The van der Waals surface area contributed by atoms with Crippen LogP contribution >= 0.6 is 23.2 Å². The van der Waals surface area contributed by atoms with Gasteiger partial charge in [-0.25, -0.2) is 13.7 Å². The van der Waals surface area contributed by atoms with E-state index in [2.05, 4.69) is 15.4 Å². The van der Waals surface area contributed by atoms with Crippen molar-refractivity contribution in [2.45, 2.75) is 47.5 Å². The zero-order chi connectivity index (χ0) is 26.4. The summed E-state index contributed by atoms with van der Waals surface area (Å²) in [5.41, 5.74) is 0.678. The predicted molar refractivity (Wildman–Crippen MR) is 144 cm³/mol. The summed E-state index contributed by atoms with van der Waals surface area (Å²) in [5, 5.41) is 5.87. The number of carbonyl (C=O) groups excluding carboxylic acids is 2. The first-order chi connectivity index (χ1) is 16.0. The van der Waals surface area contributed by atoms with Crippen LogP contribution in [0.3, 0.4) is 0 Å². The van der Waals surface area contributed by atoms with Crippen LogP contribution in [0.5, 0.6) is 0 Å². The Labute approximate surface area is 215 Å². The standard InChI is InChI=1S/C19H23Cl2N3O3.C2H7NOS.C2H6/c1-5-24(6-2)18(25)17-14(10-15(27-17)11(3)4)23-19(26)22-13-9-7-8-12(20)16(13)21;1-3-5(2)4;1-2/h7-11H,5-6H2,1-4H3,(H2,22,23,26);3H,1-2H3;1-2H3. The number of hydrogen-bond donors (Lipinski definition) is 3. The Morgan fingerprint density at radius 3 is 2.09 bits per heavy atom. The molecule has 2 rings (SSSR count). The highest BCUT2D eigenvalue weighted by Gasteiger charge is 2.24. The van der Waals surface area contributed by atoms with Crippen molar-refractivity contribution >= 4 is 57.5 Å². The topological polar surface area (TPSA) is 104 Å². The molecule has 192 valence electrons. The third-order valence-corrected chi connectivity index (χ3v) is 5.69. The van der Waals surface area contributed by atoms with E-state index >= 15 is 0 Å². The molecule has 0 bridgehead atoms. The van der Waals surface area contributed by atoms with Gasteiger partial charge in [0.15, 0.2) is 0 Å². The van der Waals surface area contributed by atoms with Gasteiger partial charge in [-0.2, -0.15) is 0 Å². The summed E-state index contributed by atoms with van der Waals surface area (Å²) in [6, 6.07) is 6.04. The molecule has 34 heavy (non-hydrogen) atoms. The van der Waals surface area contributed by atoms with Gasteiger partial charge in [0, 0.05) is 31.3 Å². The first-order valence-corrected chi connectivity index (χ1v) is 13.3. The van der Waals surface area contributed by atoms with Crippen LogP contribution < -0.4 is 15.4 Å². The minimum atomic E-state index is -0.823. The first-order valence-electron chi connectivity index (χ1n) is 11.0. The van der Waals surface area contributed by atoms with Gasteiger partial charge in [-0.3, -0.25) is 4.79 Å². The summed E-state index contributed by atoms with van der Waals surface area (Å²) >= 11 is 12.1. The van der Waals surface area contributed by atoms with Gasteiger partial charge in [0.25, 0.3) is 5.91 Å². The van der Waals surface area contributed by atoms with E-state index in [9.17, 15) is 13.8 Å². The van der Waals surface area contributed by atoms with E-state index in [1.54, 1.807) is 42.5 Å². The van der Waals surface area contributed by atoms with Gasteiger partial charge in [0.1, 0.15) is 5.76 Å². The SMILES string of the molecule is CC.CCN(CC)C(=O)c1oc(C(C)C)cc1NC(=O)Nc1cccc(Cl)c1Cl.CNS(C)=O. The molecule has 1 unspecified atom stereocenters. The number of anilines is 2. The number of benzene rings is 1. The molecule has 1 heterocycles. The molecule has 0 fully saturated rings. The average Bonchev–Trinajstić information content (AvgIpc) is 3.23. The Kier molecular flexibility index (Phi) is 15.5. The van der Waals surface area contributed by atoms with Crippen LogP contribution in [0.2, 0.25) is 10.0 Å². The highest BCUT2D eigenvalue weighted by atomic mass is 35.5. The van der Waals surface area contributed by atoms with Crippen molar-refractivity contribution in [3.63, 3.8) is 0 Å². The van der Waals surface area contributed by atoms with E-state index in [1.807, 2.05) is 41.5 Å². The number of rotatable bonds is 7. The van der Waals surface area contributed by atoms with Gasteiger partial charge in [-0.1, -0.05) is 57.0 Å². The molecule has 2 aromatic rings. The van der Waals surface area contributed by atoms with Crippen LogP contribution in [0.15, 0.2) is 28.7 Å². The normalized spacial score (nSPS) is 10.9. The fraction of sp³-hybridized carbons (Fsp3) is 0.478. The molecule has 8 nitrogen and oxygen atoms in total. The van der Waals surface area contributed by atoms with Crippen molar-refractivity contribution in [2.75, 3.05) is 37.0 Å². The van der Waals surface area contributed by atoms with E-state index in [0.717, 1.165) is 0 Å². The molecular weight excluding hydrogens is 499 g/mol. The van der Waals surface area contributed by atoms with Gasteiger partial charge in [0.2, 0.25) is 5.76 Å². The second kappa shape index (κ2) is 16.5. The summed E-state index contributed by atoms with van der Waals surface area (Å²) in [5.74, 6) is 0.508. The number of hydrogen-bond acceptors (Lipinski definition) is 4. The molecule has 1 aromatic heterocycles. The van der Waals surface area contributed by atoms with Gasteiger partial charge < -0.3 is 20.0 Å². The lowest BCUT2D eigenvalue weighted by atomic mass is 10.1. The van der Waals surface area contributed by atoms with E-state index in [1.165, 1.54) is 0 Å². The van der Waals surface area contributed by atoms with Gasteiger partial charge in [0.05, 0.1) is 32.4 Å². The average molecular weight is 536 g/mol. The molecule has 0 aliphatic heterocycles. The monoisotopic (exact) mass is 534 g/mol. The minimum absolute atomic E-state index is 0.0641. The lowest BCUT2D eigenvalue weighted by molar-refractivity contribution is 0.0740. The smallest absolute Gasteiger partial charge is 0.323 e. The summed E-state index contributed by atoms with van der Waals surface area (Å²) in [6.07, 6.45) is 1.58. The van der Waals surface area contributed by atoms with Crippen molar-refractivity contribution in [1.82, 2.24) is 9.62 Å². The number of nitrogens with zero attached hydrogens (tertiary/aromatic N) is 1. The molecule has 0 spiro atoms. The fourth-order valence-electron chi connectivity index (χ4n) is 2.48. The predicted octanol–water partition coefficient (Wildman–Crippen LogP) is 6.36. The third-order valence-electron chi connectivity index (χ3n) is 4.30. The number of urea groups is 1. The van der Waals surface area contributed by atoms with Crippen molar-refractivity contribution in [2.24, 2.45) is 0 Å². The Bertz CT molecular complexity index is 947. The molecule has 1 atom stereocenters. The van der Waals surface area contributed by atoms with Gasteiger partial charge in [-0.05, 0) is 33.0 Å². The number of nitrogens with one attached hydrogen (secondary N) is 3. The van der Waals surface area contributed by atoms with E-state index in [-0.39, 0.29) is 22.6 Å². The lowest BCUT2D eigenvalue weighted by Gasteiger charge is -2.18. The Morgan fingerprint density at radius 2 is 1.62 bits per heavy atom. The van der Waals surface area contributed by atoms with Gasteiger partial charge >= 0.3 is 6.03 Å². The molecule has 0 radical (unpaired) electrons. The number of amides is 3. The van der Waals surface area contributed by atoms with Crippen molar-refractivity contribution in [3.8, 4) is 0 Å². The largest absolute Gasteiger partial charge is 0.453 e. The van der Waals surface area contributed by atoms with Crippen molar-refractivity contribution in [1.29, 1.82) is 0 Å². The van der Waals surface area contributed by atoms with Crippen LogP contribution in [0.25, 0.3) is 0 Å². The Balaban J connectivity index is 0.00000138. The summed E-state index contributed by atoms with van der Waals surface area (Å²) in [6.45, 7) is 12.7. The lowest BCUT2D eigenvalue weighted by Crippen LogP contribution is -2.31. The molecular formula is C23H36Cl2N4O4S. The van der Waals surface area contributed by atoms with Crippen LogP contribution in [-0.4, -0.2) is 47.4 Å². The zero-order valence-electron chi connectivity index (χ0n) is 21.0. The van der Waals surface area contributed by atoms with Gasteiger partial charge in [-0.15, -0.1) is 0 Å². The van der Waals surface area contributed by atoms with Crippen LogP contribution in [0, 0.1) is 0 Å². The molecule has 0 saturated carbocycles. The molecule has 11 heteroatoms. The maximum absolute atomic E-state index is 12.7. The second-order valence-corrected chi connectivity index (χ2v) is 8.96. The Hall–Kier alpha value is -2.07. The number of halogens is 2. The zero-order valence-corrected chi connectivity index (χ0v) is 23.4. The van der Waals surface area contributed by atoms with Crippen LogP contribution in [-0.2, 0) is 11.0 Å². The van der Waals surface area contributed by atoms with Crippen LogP contribution in [0.1, 0.15) is 63.8 Å². The molecule has 1 aromatic carbocycles. The second-order valence-electron chi connectivity index (χ2n) is 6.86. The molecule has 0 saturated heterocycles. The summed E-state index contributed by atoms with van der Waals surface area (Å²) in [7, 11) is 0.826. The summed E-state index contributed by atoms with van der Waals surface area (Å²) in [4.78, 5) is 26.8. The number of furan rings is 1. The minimum Gasteiger partial charge on any atom is -0.453 e. The highest BCUT2D eigenvalue weighted by Crippen LogP contribution is 2.31. The summed E-state index contributed by atoms with van der Waals surface area (Å²) < 4.78 is 18.0. The van der Waals surface area contributed by atoms with Crippen molar-refractivity contribution in [3.05, 3.63) is 45.8 Å². The maximum Gasteiger partial charge on any atom is 0.323 e. The molecule has 3 amide bonds. The van der Waals surface area contributed by atoms with Crippen LogP contribution in [0.4, 0.5) is 16.2 Å². The van der Waals surface area contributed by atoms with Crippen molar-refractivity contribution < 1.29 is 18.2 Å². The fourth-order valence-corrected chi connectivity index (χ4v) is 2.82. The number of carbonyl (C=O) groups is 2. The molecule has 0 aliphatic carbocycles.